The van der Waals surface area contributed by atoms with Crippen LogP contribution in [0.4, 0.5) is 0 Å². The van der Waals surface area contributed by atoms with Gasteiger partial charge >= 0.3 is 0 Å². The van der Waals surface area contributed by atoms with Gasteiger partial charge in [0.15, 0.2) is 0 Å². The molecular weight excluding hydrogens is 481 g/mol. The molecule has 4 heteroatoms. The van der Waals surface area contributed by atoms with Crippen molar-refractivity contribution in [1.82, 2.24) is 9.96 Å². The first-order chi connectivity index (χ1) is 17.6. The molecule has 0 aliphatic rings. The molecule has 0 aromatic heterocycles. The molecular formula is C33H42N2Si2. The van der Waals surface area contributed by atoms with Gasteiger partial charge in [-0.05, 0) is 39.8 Å². The topological polar surface area (TPSA) is 24.1 Å². The molecule has 0 spiro atoms. The number of hydrogen-bond acceptors (Lipinski definition) is 2. The Kier molecular flexibility index (Phi) is 8.65. The van der Waals surface area contributed by atoms with Crippen molar-refractivity contribution in [3.05, 3.63) is 120 Å². The predicted molar refractivity (Wildman–Crippen MR) is 167 cm³/mol. The van der Waals surface area contributed by atoms with Crippen LogP contribution in [0.5, 0.6) is 0 Å². The van der Waals surface area contributed by atoms with Crippen molar-refractivity contribution in [2.45, 2.75) is 57.8 Å². The zero-order valence-corrected chi connectivity index (χ0v) is 25.3. The van der Waals surface area contributed by atoms with Gasteiger partial charge in [0.25, 0.3) is 0 Å². The van der Waals surface area contributed by atoms with Crippen molar-refractivity contribution < 1.29 is 0 Å². The highest BCUT2D eigenvalue weighted by Crippen LogP contribution is 2.32. The summed E-state index contributed by atoms with van der Waals surface area (Å²) in [4.78, 5) is 8.14. The molecule has 0 fully saturated rings. The van der Waals surface area contributed by atoms with Gasteiger partial charge in [-0.2, -0.15) is 0 Å². The molecule has 4 aromatic carbocycles. The number of benzene rings is 4. The molecule has 0 amide bonds. The smallest absolute Gasteiger partial charge is 0.116 e. The lowest BCUT2D eigenvalue weighted by atomic mass is 9.93. The lowest BCUT2D eigenvalue weighted by Crippen LogP contribution is -2.47. The van der Waals surface area contributed by atoms with Gasteiger partial charge in [-0.25, -0.2) is 0 Å². The maximum Gasteiger partial charge on any atom is 0.116 e. The maximum absolute atomic E-state index is 4.07. The third-order valence-electron chi connectivity index (χ3n) is 6.53. The van der Waals surface area contributed by atoms with E-state index in [1.165, 1.54) is 33.4 Å². The molecule has 0 bridgehead atoms. The molecule has 2 N–H and O–H groups in total. The molecule has 37 heavy (non-hydrogen) atoms. The fraction of sp³-hybridized carbons (Fsp3) is 0.273. The van der Waals surface area contributed by atoms with Crippen molar-refractivity contribution >= 4 is 16.5 Å². The Labute approximate surface area is 226 Å². The van der Waals surface area contributed by atoms with Crippen LogP contribution in [0.2, 0.25) is 39.3 Å². The lowest BCUT2D eigenvalue weighted by Gasteiger charge is -2.34. The first-order valence-corrected chi connectivity index (χ1v) is 20.4. The van der Waals surface area contributed by atoms with Gasteiger partial charge in [0, 0.05) is 12.1 Å². The Morgan fingerprint density at radius 1 is 0.432 bits per heavy atom. The second-order valence-corrected chi connectivity index (χ2v) is 21.7. The molecule has 2 atom stereocenters. The van der Waals surface area contributed by atoms with E-state index in [4.69, 9.17) is 0 Å². The van der Waals surface area contributed by atoms with Crippen LogP contribution in [0.3, 0.4) is 0 Å². The highest BCUT2D eigenvalue weighted by atomic mass is 28.3. The third kappa shape index (κ3) is 8.11. The minimum Gasteiger partial charge on any atom is -0.331 e. The summed E-state index contributed by atoms with van der Waals surface area (Å²) in [6.07, 6.45) is 1.02. The standard InChI is InChI=1S/C33H42N2Si2/c1-36(2,3)34-32(30-21-17-28(18-22-30)26-13-9-7-10-14-26)25-33(35-37(4,5)6)31-23-19-29(20-24-31)27-15-11-8-12-16-27/h7-24,32-35H,25H2,1-6H3. The van der Waals surface area contributed by atoms with Gasteiger partial charge < -0.3 is 9.96 Å². The maximum atomic E-state index is 4.07. The van der Waals surface area contributed by atoms with Gasteiger partial charge in [-0.1, -0.05) is 148 Å². The van der Waals surface area contributed by atoms with Gasteiger partial charge in [-0.15, -0.1) is 0 Å². The lowest BCUT2D eigenvalue weighted by molar-refractivity contribution is 0.490. The molecule has 4 rings (SSSR count). The van der Waals surface area contributed by atoms with E-state index in [2.05, 4.69) is 158 Å². The van der Waals surface area contributed by atoms with E-state index in [0.29, 0.717) is 12.1 Å². The van der Waals surface area contributed by atoms with Crippen LogP contribution < -0.4 is 9.96 Å². The second kappa shape index (κ2) is 11.7. The van der Waals surface area contributed by atoms with Crippen LogP contribution >= 0.6 is 0 Å². The van der Waals surface area contributed by atoms with Gasteiger partial charge in [-0.3, -0.25) is 0 Å². The number of nitrogens with one attached hydrogen (secondary N) is 2. The van der Waals surface area contributed by atoms with Gasteiger partial charge in [0.05, 0.1) is 0 Å². The molecule has 0 saturated carbocycles. The SMILES string of the molecule is C[Si](C)(C)NC(CC(N[Si](C)(C)C)c1ccc(-c2ccccc2)cc1)c1ccc(-c2ccccc2)cc1. The van der Waals surface area contributed by atoms with E-state index < -0.39 is 16.5 Å². The zero-order chi connectivity index (χ0) is 26.5. The molecule has 0 saturated heterocycles. The number of rotatable bonds is 10. The van der Waals surface area contributed by atoms with Crippen LogP contribution in [0.1, 0.15) is 29.6 Å². The van der Waals surface area contributed by atoms with Crippen LogP contribution in [0, 0.1) is 0 Å². The summed E-state index contributed by atoms with van der Waals surface area (Å²) in [6.45, 7) is 14.4. The zero-order valence-electron chi connectivity index (χ0n) is 23.3. The minimum atomic E-state index is -1.53. The Morgan fingerprint density at radius 3 is 1.03 bits per heavy atom. The van der Waals surface area contributed by atoms with E-state index >= 15 is 0 Å². The van der Waals surface area contributed by atoms with Crippen LogP contribution in [0.15, 0.2) is 109 Å². The third-order valence-corrected chi connectivity index (χ3v) is 8.96. The van der Waals surface area contributed by atoms with Crippen molar-refractivity contribution in [2.75, 3.05) is 0 Å². The fourth-order valence-corrected chi connectivity index (χ4v) is 7.57. The molecule has 2 nitrogen and oxygen atoms in total. The molecule has 0 radical (unpaired) electrons. The Morgan fingerprint density at radius 2 is 0.730 bits per heavy atom. The van der Waals surface area contributed by atoms with Crippen LogP contribution in [0.25, 0.3) is 22.3 Å². The second-order valence-electron chi connectivity index (χ2n) is 12.1. The molecule has 4 aromatic rings. The highest BCUT2D eigenvalue weighted by Gasteiger charge is 2.27. The Hall–Kier alpha value is -2.77. The summed E-state index contributed by atoms with van der Waals surface area (Å²) in [5.74, 6) is 0. The average molecular weight is 523 g/mol. The minimum absolute atomic E-state index is 0.291. The summed E-state index contributed by atoms with van der Waals surface area (Å²) in [5.41, 5.74) is 7.80. The molecule has 0 aliphatic heterocycles. The van der Waals surface area contributed by atoms with Crippen LogP contribution in [-0.4, -0.2) is 16.5 Å². The van der Waals surface area contributed by atoms with Crippen molar-refractivity contribution in [1.29, 1.82) is 0 Å². The van der Waals surface area contributed by atoms with E-state index in [1.807, 2.05) is 0 Å². The molecule has 2 unspecified atom stereocenters. The van der Waals surface area contributed by atoms with Crippen molar-refractivity contribution in [3.63, 3.8) is 0 Å². The van der Waals surface area contributed by atoms with E-state index in [1.54, 1.807) is 0 Å². The first-order valence-electron chi connectivity index (χ1n) is 13.4. The average Bonchev–Trinajstić information content (AvgIpc) is 2.88. The quantitative estimate of drug-likeness (QED) is 0.203. The summed E-state index contributed by atoms with van der Waals surface area (Å²) < 4.78 is 0. The van der Waals surface area contributed by atoms with E-state index in [0.717, 1.165) is 6.42 Å². The summed E-state index contributed by atoms with van der Waals surface area (Å²) in [5, 5.41) is 0. The summed E-state index contributed by atoms with van der Waals surface area (Å²) in [7, 11) is -3.05. The van der Waals surface area contributed by atoms with Crippen molar-refractivity contribution in [3.8, 4) is 22.3 Å². The molecule has 0 aliphatic carbocycles. The normalized spacial score (nSPS) is 13.8. The Bertz CT molecular complexity index is 1140. The van der Waals surface area contributed by atoms with Gasteiger partial charge in [0.1, 0.15) is 16.5 Å². The summed E-state index contributed by atoms with van der Waals surface area (Å²) >= 11 is 0. The van der Waals surface area contributed by atoms with Crippen molar-refractivity contribution in [2.24, 2.45) is 0 Å². The highest BCUT2D eigenvalue weighted by molar-refractivity contribution is 6.74. The molecule has 192 valence electrons. The first kappa shape index (κ1) is 27.3. The summed E-state index contributed by atoms with van der Waals surface area (Å²) in [6, 6.07) is 40.3. The molecule has 0 heterocycles. The van der Waals surface area contributed by atoms with E-state index in [-0.39, 0.29) is 0 Å². The fourth-order valence-electron chi connectivity index (χ4n) is 4.91. The predicted octanol–water partition coefficient (Wildman–Crippen LogP) is 9.04. The monoisotopic (exact) mass is 522 g/mol. The van der Waals surface area contributed by atoms with E-state index in [9.17, 15) is 0 Å². The van der Waals surface area contributed by atoms with Gasteiger partial charge in [0.2, 0.25) is 0 Å². The number of hydrogen-bond donors (Lipinski definition) is 2. The van der Waals surface area contributed by atoms with Crippen LogP contribution in [-0.2, 0) is 0 Å². The Balaban J connectivity index is 1.63. The largest absolute Gasteiger partial charge is 0.331 e.